The highest BCUT2D eigenvalue weighted by atomic mass is 16.6. The van der Waals surface area contributed by atoms with E-state index in [0.717, 1.165) is 49.7 Å². The first-order chi connectivity index (χ1) is 14.0. The zero-order valence-electron chi connectivity index (χ0n) is 17.2. The van der Waals surface area contributed by atoms with Crippen molar-refractivity contribution in [2.24, 2.45) is 0 Å². The van der Waals surface area contributed by atoms with Crippen LogP contribution in [0.25, 0.3) is 0 Å². The van der Waals surface area contributed by atoms with Gasteiger partial charge in [-0.2, -0.15) is 0 Å². The van der Waals surface area contributed by atoms with Gasteiger partial charge >= 0.3 is 0 Å². The number of benzene rings is 1. The van der Waals surface area contributed by atoms with Crippen LogP contribution in [0.4, 0.5) is 11.5 Å². The second kappa shape index (κ2) is 8.95. The van der Waals surface area contributed by atoms with Crippen molar-refractivity contribution >= 4 is 11.5 Å². The Kier molecular flexibility index (Phi) is 6.38. The van der Waals surface area contributed by atoms with Crippen molar-refractivity contribution in [1.82, 2.24) is 9.88 Å². The van der Waals surface area contributed by atoms with E-state index in [1.165, 1.54) is 6.20 Å². The van der Waals surface area contributed by atoms with Crippen LogP contribution in [0.1, 0.15) is 11.1 Å². The van der Waals surface area contributed by atoms with Crippen LogP contribution in [-0.2, 0) is 6.54 Å². The minimum absolute atomic E-state index is 0.0189. The van der Waals surface area contributed by atoms with Gasteiger partial charge in [0.2, 0.25) is 5.75 Å². The normalized spacial score (nSPS) is 14.6. The van der Waals surface area contributed by atoms with Crippen molar-refractivity contribution in [1.29, 1.82) is 0 Å². The first-order valence-corrected chi connectivity index (χ1v) is 9.34. The van der Waals surface area contributed by atoms with E-state index in [4.69, 9.17) is 14.2 Å². The van der Waals surface area contributed by atoms with Crippen LogP contribution >= 0.6 is 0 Å². The summed E-state index contributed by atoms with van der Waals surface area (Å²) in [5.41, 5.74) is 1.86. The lowest BCUT2D eigenvalue weighted by Crippen LogP contribution is -2.46. The SMILES string of the molecule is COc1ccc(CN2CCN(c3ncc([N+](=O)[O-])cc3C)CC2)c(OC)c1OC. The standard InChI is InChI=1S/C20H26N4O5/c1-14-11-16(24(25)26)12-21-20(14)23-9-7-22(8-10-23)13-15-5-6-17(27-2)19(29-4)18(15)28-3/h5-6,11-12H,7-10,13H2,1-4H3. The molecule has 0 spiro atoms. The number of methoxy groups -OCH3 is 3. The molecule has 2 aromatic rings. The lowest BCUT2D eigenvalue weighted by molar-refractivity contribution is -0.385. The number of nitrogens with zero attached hydrogens (tertiary/aromatic N) is 4. The molecule has 9 heteroatoms. The fraction of sp³-hybridized carbons (Fsp3) is 0.450. The third-order valence-corrected chi connectivity index (χ3v) is 5.10. The number of hydrogen-bond donors (Lipinski definition) is 0. The van der Waals surface area contributed by atoms with Crippen molar-refractivity contribution in [3.05, 3.63) is 45.6 Å². The Hall–Kier alpha value is -3.07. The second-order valence-corrected chi connectivity index (χ2v) is 6.85. The lowest BCUT2D eigenvalue weighted by Gasteiger charge is -2.36. The van der Waals surface area contributed by atoms with Crippen molar-refractivity contribution < 1.29 is 19.1 Å². The number of aromatic nitrogens is 1. The highest BCUT2D eigenvalue weighted by Crippen LogP contribution is 2.40. The molecule has 1 fully saturated rings. The van der Waals surface area contributed by atoms with Crippen LogP contribution in [0.15, 0.2) is 24.4 Å². The molecular weight excluding hydrogens is 376 g/mol. The molecule has 0 aliphatic carbocycles. The Morgan fingerprint density at radius 3 is 2.31 bits per heavy atom. The first-order valence-electron chi connectivity index (χ1n) is 9.34. The average Bonchev–Trinajstić information content (AvgIpc) is 2.73. The predicted molar refractivity (Wildman–Crippen MR) is 109 cm³/mol. The van der Waals surface area contributed by atoms with Crippen molar-refractivity contribution in [3.8, 4) is 17.2 Å². The molecule has 1 saturated heterocycles. The summed E-state index contributed by atoms with van der Waals surface area (Å²) in [6.45, 7) is 5.86. The van der Waals surface area contributed by atoms with E-state index in [9.17, 15) is 10.1 Å². The maximum atomic E-state index is 10.9. The highest BCUT2D eigenvalue weighted by Gasteiger charge is 2.23. The Labute approximate surface area is 170 Å². The van der Waals surface area contributed by atoms with Crippen molar-refractivity contribution in [3.63, 3.8) is 0 Å². The summed E-state index contributed by atoms with van der Waals surface area (Å²) >= 11 is 0. The number of aryl methyl sites for hydroxylation is 1. The summed E-state index contributed by atoms with van der Waals surface area (Å²) in [5, 5.41) is 10.9. The van der Waals surface area contributed by atoms with Gasteiger partial charge in [0, 0.05) is 44.4 Å². The number of anilines is 1. The Bertz CT molecular complexity index is 881. The maximum Gasteiger partial charge on any atom is 0.287 e. The number of pyridine rings is 1. The van der Waals surface area contributed by atoms with Crippen LogP contribution < -0.4 is 19.1 Å². The predicted octanol–water partition coefficient (Wildman–Crippen LogP) is 2.65. The van der Waals surface area contributed by atoms with Crippen molar-refractivity contribution in [2.45, 2.75) is 13.5 Å². The summed E-state index contributed by atoms with van der Waals surface area (Å²) < 4.78 is 16.4. The maximum absolute atomic E-state index is 10.9. The molecule has 3 rings (SSSR count). The van der Waals surface area contributed by atoms with Gasteiger partial charge in [-0.05, 0) is 18.6 Å². The minimum Gasteiger partial charge on any atom is -0.493 e. The van der Waals surface area contributed by atoms with E-state index in [-0.39, 0.29) is 5.69 Å². The summed E-state index contributed by atoms with van der Waals surface area (Å²) in [6, 6.07) is 5.45. The fourth-order valence-electron chi connectivity index (χ4n) is 3.63. The van der Waals surface area contributed by atoms with Gasteiger partial charge in [-0.3, -0.25) is 15.0 Å². The molecule has 1 aliphatic heterocycles. The quantitative estimate of drug-likeness (QED) is 0.516. The molecule has 29 heavy (non-hydrogen) atoms. The Balaban J connectivity index is 1.68. The van der Waals surface area contributed by atoms with Crippen LogP contribution in [0.5, 0.6) is 17.2 Å². The van der Waals surface area contributed by atoms with Crippen LogP contribution in [0.2, 0.25) is 0 Å². The first kappa shape index (κ1) is 20.7. The van der Waals surface area contributed by atoms with E-state index in [1.54, 1.807) is 27.4 Å². The smallest absolute Gasteiger partial charge is 0.287 e. The second-order valence-electron chi connectivity index (χ2n) is 6.85. The van der Waals surface area contributed by atoms with Gasteiger partial charge in [0.15, 0.2) is 11.5 Å². The van der Waals surface area contributed by atoms with Crippen LogP contribution in [-0.4, -0.2) is 62.3 Å². The molecule has 9 nitrogen and oxygen atoms in total. The number of piperazine rings is 1. The monoisotopic (exact) mass is 402 g/mol. The van der Waals surface area contributed by atoms with Gasteiger partial charge in [0.05, 0.1) is 26.3 Å². The lowest BCUT2D eigenvalue weighted by atomic mass is 10.1. The van der Waals surface area contributed by atoms with Gasteiger partial charge < -0.3 is 19.1 Å². The number of nitro groups is 1. The molecular formula is C20H26N4O5. The summed E-state index contributed by atoms with van der Waals surface area (Å²) in [7, 11) is 4.83. The molecule has 1 aromatic heterocycles. The topological polar surface area (TPSA) is 90.2 Å². The fourth-order valence-corrected chi connectivity index (χ4v) is 3.63. The highest BCUT2D eigenvalue weighted by molar-refractivity contribution is 5.56. The van der Waals surface area contributed by atoms with Gasteiger partial charge in [0.1, 0.15) is 12.0 Å². The molecule has 0 unspecified atom stereocenters. The minimum atomic E-state index is -0.418. The number of rotatable bonds is 7. The zero-order chi connectivity index (χ0) is 21.0. The van der Waals surface area contributed by atoms with E-state index in [0.29, 0.717) is 17.2 Å². The molecule has 1 aliphatic rings. The molecule has 0 atom stereocenters. The van der Waals surface area contributed by atoms with Crippen LogP contribution in [0.3, 0.4) is 0 Å². The molecule has 1 aromatic carbocycles. The van der Waals surface area contributed by atoms with Gasteiger partial charge in [-0.25, -0.2) is 4.98 Å². The van der Waals surface area contributed by atoms with Crippen molar-refractivity contribution in [2.75, 3.05) is 52.4 Å². The summed E-state index contributed by atoms with van der Waals surface area (Å²) in [6.07, 6.45) is 1.32. The zero-order valence-corrected chi connectivity index (χ0v) is 17.2. The third-order valence-electron chi connectivity index (χ3n) is 5.10. The van der Waals surface area contributed by atoms with Gasteiger partial charge in [-0.1, -0.05) is 6.07 Å². The van der Waals surface area contributed by atoms with E-state index in [2.05, 4.69) is 14.8 Å². The third kappa shape index (κ3) is 4.34. The summed E-state index contributed by atoms with van der Waals surface area (Å²) in [5.74, 6) is 2.72. The molecule has 0 radical (unpaired) electrons. The average molecular weight is 402 g/mol. The van der Waals surface area contributed by atoms with E-state index in [1.807, 2.05) is 19.1 Å². The van der Waals surface area contributed by atoms with Gasteiger partial charge in [0.25, 0.3) is 5.69 Å². The molecule has 0 amide bonds. The molecule has 156 valence electrons. The molecule has 0 saturated carbocycles. The van der Waals surface area contributed by atoms with Gasteiger partial charge in [-0.15, -0.1) is 0 Å². The summed E-state index contributed by atoms with van der Waals surface area (Å²) in [4.78, 5) is 19.3. The number of ether oxygens (including phenoxy) is 3. The van der Waals surface area contributed by atoms with E-state index >= 15 is 0 Å². The molecule has 0 bridgehead atoms. The number of hydrogen-bond acceptors (Lipinski definition) is 8. The van der Waals surface area contributed by atoms with E-state index < -0.39 is 4.92 Å². The molecule has 0 N–H and O–H groups in total. The Morgan fingerprint density at radius 1 is 1.07 bits per heavy atom. The molecule has 2 heterocycles. The Morgan fingerprint density at radius 2 is 1.76 bits per heavy atom. The van der Waals surface area contributed by atoms with Crippen LogP contribution in [0, 0.1) is 17.0 Å². The largest absolute Gasteiger partial charge is 0.493 e.